The first kappa shape index (κ1) is 17.5. The van der Waals surface area contributed by atoms with Gasteiger partial charge in [0, 0.05) is 11.6 Å². The van der Waals surface area contributed by atoms with Crippen molar-refractivity contribution in [1.29, 1.82) is 0 Å². The highest BCUT2D eigenvalue weighted by Gasteiger charge is 2.10. The number of rotatable bonds is 4. The zero-order valence-electron chi connectivity index (χ0n) is 14.5. The molecule has 1 heterocycles. The van der Waals surface area contributed by atoms with E-state index in [2.05, 4.69) is 10.4 Å². The number of carbonyl (C=O) groups excluding carboxylic acids is 1. The van der Waals surface area contributed by atoms with Gasteiger partial charge in [-0.1, -0.05) is 24.3 Å². The van der Waals surface area contributed by atoms with Crippen LogP contribution in [-0.2, 0) is 11.3 Å². The molecule has 26 heavy (non-hydrogen) atoms. The van der Waals surface area contributed by atoms with Crippen LogP contribution in [0.15, 0.2) is 59.4 Å². The number of nitrogens with zero attached hydrogens (tertiary/aromatic N) is 2. The summed E-state index contributed by atoms with van der Waals surface area (Å²) < 4.78 is 14.7. The molecule has 0 fully saturated rings. The van der Waals surface area contributed by atoms with Crippen LogP contribution in [0.4, 0.5) is 10.1 Å². The fourth-order valence-electron chi connectivity index (χ4n) is 2.51. The smallest absolute Gasteiger partial charge is 0.267 e. The van der Waals surface area contributed by atoms with E-state index in [1.807, 2.05) is 32.0 Å². The summed E-state index contributed by atoms with van der Waals surface area (Å²) in [6, 6.07) is 14.7. The first-order valence-electron chi connectivity index (χ1n) is 8.14. The summed E-state index contributed by atoms with van der Waals surface area (Å²) in [4.78, 5) is 24.2. The van der Waals surface area contributed by atoms with Crippen molar-refractivity contribution in [3.63, 3.8) is 0 Å². The largest absolute Gasteiger partial charge is 0.322 e. The molecule has 0 aliphatic rings. The maximum absolute atomic E-state index is 13.6. The molecule has 0 atom stereocenters. The molecular weight excluding hydrogens is 333 g/mol. The minimum Gasteiger partial charge on any atom is -0.322 e. The molecule has 2 aromatic carbocycles. The number of amides is 1. The van der Waals surface area contributed by atoms with Crippen LogP contribution in [0.1, 0.15) is 11.1 Å². The Hall–Kier alpha value is -3.28. The van der Waals surface area contributed by atoms with E-state index < -0.39 is 17.3 Å². The zero-order chi connectivity index (χ0) is 18.7. The van der Waals surface area contributed by atoms with Crippen molar-refractivity contribution in [3.8, 4) is 11.3 Å². The third-order valence-corrected chi connectivity index (χ3v) is 4.11. The summed E-state index contributed by atoms with van der Waals surface area (Å²) in [5.74, 6) is -1.06. The van der Waals surface area contributed by atoms with Crippen LogP contribution in [0.25, 0.3) is 11.3 Å². The SMILES string of the molecule is Cc1ccc(-c2ccc(=O)n(CC(=O)Nc3ccccc3F)n2)cc1C. The van der Waals surface area contributed by atoms with E-state index in [1.54, 1.807) is 12.1 Å². The molecule has 0 saturated carbocycles. The average Bonchev–Trinajstić information content (AvgIpc) is 2.61. The van der Waals surface area contributed by atoms with Crippen LogP contribution in [-0.4, -0.2) is 15.7 Å². The molecule has 3 rings (SSSR count). The maximum atomic E-state index is 13.6. The quantitative estimate of drug-likeness (QED) is 0.784. The summed E-state index contributed by atoms with van der Waals surface area (Å²) in [5, 5.41) is 6.71. The monoisotopic (exact) mass is 351 g/mol. The molecule has 0 aliphatic carbocycles. The van der Waals surface area contributed by atoms with E-state index in [0.717, 1.165) is 21.4 Å². The number of para-hydroxylation sites is 1. The number of aryl methyl sites for hydroxylation is 2. The highest BCUT2D eigenvalue weighted by Crippen LogP contribution is 2.19. The summed E-state index contributed by atoms with van der Waals surface area (Å²) in [7, 11) is 0. The Morgan fingerprint density at radius 2 is 1.85 bits per heavy atom. The van der Waals surface area contributed by atoms with Gasteiger partial charge < -0.3 is 5.32 Å². The molecule has 6 heteroatoms. The van der Waals surface area contributed by atoms with Gasteiger partial charge in [-0.15, -0.1) is 0 Å². The van der Waals surface area contributed by atoms with Crippen LogP contribution in [0, 0.1) is 19.7 Å². The topological polar surface area (TPSA) is 64.0 Å². The van der Waals surface area contributed by atoms with Gasteiger partial charge in [0.2, 0.25) is 5.91 Å². The summed E-state index contributed by atoms with van der Waals surface area (Å²) in [6.07, 6.45) is 0. The Bertz CT molecular complexity index is 1030. The molecule has 1 amide bonds. The van der Waals surface area contributed by atoms with Crippen molar-refractivity contribution in [2.75, 3.05) is 5.32 Å². The van der Waals surface area contributed by atoms with Gasteiger partial charge >= 0.3 is 0 Å². The Kier molecular flexibility index (Phi) is 4.93. The number of anilines is 1. The molecule has 132 valence electrons. The van der Waals surface area contributed by atoms with Crippen molar-refractivity contribution >= 4 is 11.6 Å². The second-order valence-corrected chi connectivity index (χ2v) is 6.04. The second kappa shape index (κ2) is 7.31. The van der Waals surface area contributed by atoms with Gasteiger partial charge in [0.25, 0.3) is 5.56 Å². The van der Waals surface area contributed by atoms with Gasteiger partial charge in [0.15, 0.2) is 0 Å². The molecular formula is C20H18FN3O2. The highest BCUT2D eigenvalue weighted by atomic mass is 19.1. The minimum absolute atomic E-state index is 0.0656. The molecule has 1 N–H and O–H groups in total. The van der Waals surface area contributed by atoms with E-state index in [0.29, 0.717) is 5.69 Å². The van der Waals surface area contributed by atoms with Crippen molar-refractivity contribution < 1.29 is 9.18 Å². The van der Waals surface area contributed by atoms with Gasteiger partial charge in [-0.3, -0.25) is 9.59 Å². The van der Waals surface area contributed by atoms with Crippen molar-refractivity contribution in [1.82, 2.24) is 9.78 Å². The third-order valence-electron chi connectivity index (χ3n) is 4.11. The van der Waals surface area contributed by atoms with E-state index in [9.17, 15) is 14.0 Å². The number of carbonyl (C=O) groups is 1. The van der Waals surface area contributed by atoms with Crippen LogP contribution >= 0.6 is 0 Å². The van der Waals surface area contributed by atoms with Gasteiger partial charge in [0.05, 0.1) is 11.4 Å². The van der Waals surface area contributed by atoms with Gasteiger partial charge in [-0.05, 0) is 49.2 Å². The molecule has 0 saturated heterocycles. The zero-order valence-corrected chi connectivity index (χ0v) is 14.5. The van der Waals surface area contributed by atoms with Crippen LogP contribution in [0.5, 0.6) is 0 Å². The molecule has 0 spiro atoms. The van der Waals surface area contributed by atoms with E-state index in [4.69, 9.17) is 0 Å². The second-order valence-electron chi connectivity index (χ2n) is 6.04. The number of aromatic nitrogens is 2. The molecule has 3 aromatic rings. The number of halogens is 1. The number of hydrogen-bond donors (Lipinski definition) is 1. The van der Waals surface area contributed by atoms with Crippen LogP contribution in [0.3, 0.4) is 0 Å². The predicted octanol–water partition coefficient (Wildman–Crippen LogP) is 3.30. The number of benzene rings is 2. The number of hydrogen-bond acceptors (Lipinski definition) is 3. The molecule has 0 radical (unpaired) electrons. The van der Waals surface area contributed by atoms with Crippen LogP contribution < -0.4 is 10.9 Å². The summed E-state index contributed by atoms with van der Waals surface area (Å²) in [6.45, 7) is 3.71. The number of nitrogens with one attached hydrogen (secondary N) is 1. The normalized spacial score (nSPS) is 10.6. The molecule has 0 aliphatic heterocycles. The van der Waals surface area contributed by atoms with E-state index in [1.165, 1.54) is 24.3 Å². The first-order valence-corrected chi connectivity index (χ1v) is 8.14. The standard InChI is InChI=1S/C20H18FN3O2/c1-13-7-8-15(11-14(13)2)17-9-10-20(26)24(23-17)12-19(25)22-18-6-4-3-5-16(18)21/h3-11H,12H2,1-2H3,(H,22,25). The Morgan fingerprint density at radius 3 is 2.58 bits per heavy atom. The van der Waals surface area contributed by atoms with Crippen molar-refractivity contribution in [2.45, 2.75) is 20.4 Å². The van der Waals surface area contributed by atoms with Gasteiger partial charge in [-0.25, -0.2) is 9.07 Å². The fraction of sp³-hybridized carbons (Fsp3) is 0.150. The lowest BCUT2D eigenvalue weighted by atomic mass is 10.0. The highest BCUT2D eigenvalue weighted by molar-refractivity contribution is 5.90. The van der Waals surface area contributed by atoms with Crippen LogP contribution in [0.2, 0.25) is 0 Å². The van der Waals surface area contributed by atoms with Crippen molar-refractivity contribution in [2.24, 2.45) is 0 Å². The van der Waals surface area contributed by atoms with E-state index >= 15 is 0 Å². The lowest BCUT2D eigenvalue weighted by molar-refractivity contribution is -0.117. The average molecular weight is 351 g/mol. The first-order chi connectivity index (χ1) is 12.4. The lowest BCUT2D eigenvalue weighted by Gasteiger charge is -2.09. The van der Waals surface area contributed by atoms with Gasteiger partial charge in [-0.2, -0.15) is 5.10 Å². The Balaban J connectivity index is 1.84. The van der Waals surface area contributed by atoms with Crippen molar-refractivity contribution in [3.05, 3.63) is 81.9 Å². The summed E-state index contributed by atoms with van der Waals surface area (Å²) in [5.41, 5.74) is 3.38. The molecule has 5 nitrogen and oxygen atoms in total. The fourth-order valence-corrected chi connectivity index (χ4v) is 2.51. The minimum atomic E-state index is -0.537. The molecule has 0 bridgehead atoms. The molecule has 1 aromatic heterocycles. The van der Waals surface area contributed by atoms with E-state index in [-0.39, 0.29) is 12.2 Å². The predicted molar refractivity (Wildman–Crippen MR) is 98.4 cm³/mol. The third kappa shape index (κ3) is 3.85. The maximum Gasteiger partial charge on any atom is 0.267 e. The lowest BCUT2D eigenvalue weighted by Crippen LogP contribution is -2.29. The van der Waals surface area contributed by atoms with Gasteiger partial charge in [0.1, 0.15) is 12.4 Å². The molecule has 0 unspecified atom stereocenters. The Labute approximate surface area is 150 Å². The summed E-state index contributed by atoms with van der Waals surface area (Å²) >= 11 is 0. The Morgan fingerprint density at radius 1 is 1.08 bits per heavy atom.